The molecule has 1 aromatic rings. The van der Waals surface area contributed by atoms with Crippen LogP contribution in [-0.4, -0.2) is 32.5 Å². The second-order valence-electron chi connectivity index (χ2n) is 4.39. The molecular formula is C13H21NO2S. The van der Waals surface area contributed by atoms with Crippen molar-refractivity contribution in [2.24, 2.45) is 0 Å². The van der Waals surface area contributed by atoms with Crippen molar-refractivity contribution in [3.8, 4) is 0 Å². The van der Waals surface area contributed by atoms with E-state index < -0.39 is 0 Å². The molecule has 1 aromatic heterocycles. The van der Waals surface area contributed by atoms with Gasteiger partial charge >= 0.3 is 0 Å². The molecule has 1 aliphatic rings. The Morgan fingerprint density at radius 2 is 2.29 bits per heavy atom. The minimum Gasteiger partial charge on any atom is -0.381 e. The monoisotopic (exact) mass is 255 g/mol. The number of ether oxygens (including phenoxy) is 2. The highest BCUT2D eigenvalue weighted by atomic mass is 32.1. The first-order chi connectivity index (χ1) is 8.32. The molecule has 1 fully saturated rings. The van der Waals surface area contributed by atoms with E-state index in [9.17, 15) is 0 Å². The average molecular weight is 255 g/mol. The molecule has 2 rings (SSSR count). The van der Waals surface area contributed by atoms with Gasteiger partial charge in [0, 0.05) is 32.7 Å². The maximum absolute atomic E-state index is 6.11. The molecule has 3 nitrogen and oxygen atoms in total. The Hall–Kier alpha value is -0.420. The maximum atomic E-state index is 6.11. The van der Waals surface area contributed by atoms with E-state index in [2.05, 4.69) is 29.1 Å². The predicted octanol–water partition coefficient (Wildman–Crippen LogP) is 2.59. The summed E-state index contributed by atoms with van der Waals surface area (Å²) in [5.74, 6) is 0. The van der Waals surface area contributed by atoms with Gasteiger partial charge in [0.05, 0.1) is 11.6 Å². The quantitative estimate of drug-likeness (QED) is 0.877. The summed E-state index contributed by atoms with van der Waals surface area (Å²) in [6.07, 6.45) is 1.92. The van der Waals surface area contributed by atoms with Crippen LogP contribution >= 0.6 is 11.3 Å². The summed E-state index contributed by atoms with van der Waals surface area (Å²) in [6.45, 7) is 4.41. The van der Waals surface area contributed by atoms with Gasteiger partial charge in [-0.1, -0.05) is 0 Å². The summed E-state index contributed by atoms with van der Waals surface area (Å²) in [5.41, 5.74) is 1.22. The molecule has 4 heteroatoms. The van der Waals surface area contributed by atoms with Gasteiger partial charge in [-0.2, -0.15) is 11.3 Å². The number of nitrogens with one attached hydrogen (secondary N) is 1. The van der Waals surface area contributed by atoms with E-state index in [0.29, 0.717) is 0 Å². The number of thiophene rings is 1. The molecule has 0 radical (unpaired) electrons. The molecule has 96 valence electrons. The van der Waals surface area contributed by atoms with Crippen LogP contribution in [0, 0.1) is 0 Å². The number of hydrogen-bond donors (Lipinski definition) is 1. The second-order valence-corrected chi connectivity index (χ2v) is 5.17. The molecule has 17 heavy (non-hydrogen) atoms. The first kappa shape index (κ1) is 13.0. The van der Waals surface area contributed by atoms with Gasteiger partial charge in [0.1, 0.15) is 0 Å². The molecule has 0 amide bonds. The van der Waals surface area contributed by atoms with Crippen molar-refractivity contribution in [2.45, 2.75) is 31.4 Å². The zero-order chi connectivity index (χ0) is 12.1. The van der Waals surface area contributed by atoms with Crippen LogP contribution in [0.5, 0.6) is 0 Å². The Morgan fingerprint density at radius 3 is 2.82 bits per heavy atom. The van der Waals surface area contributed by atoms with E-state index in [1.807, 2.05) is 7.05 Å². The third-order valence-corrected chi connectivity index (χ3v) is 4.16. The molecule has 0 spiro atoms. The lowest BCUT2D eigenvalue weighted by Gasteiger charge is -2.42. The van der Waals surface area contributed by atoms with Crippen molar-refractivity contribution in [3.63, 3.8) is 0 Å². The highest BCUT2D eigenvalue weighted by molar-refractivity contribution is 7.07. The zero-order valence-corrected chi connectivity index (χ0v) is 11.4. The van der Waals surface area contributed by atoms with E-state index >= 15 is 0 Å². The van der Waals surface area contributed by atoms with Crippen LogP contribution in [-0.2, 0) is 9.47 Å². The fourth-order valence-electron chi connectivity index (χ4n) is 2.69. The number of hydrogen-bond acceptors (Lipinski definition) is 4. The van der Waals surface area contributed by atoms with E-state index in [4.69, 9.17) is 9.47 Å². The number of likely N-dealkylation sites (N-methyl/N-ethyl adjacent to an activating group) is 1. The van der Waals surface area contributed by atoms with E-state index in [-0.39, 0.29) is 11.6 Å². The van der Waals surface area contributed by atoms with Gasteiger partial charge in [-0.25, -0.2) is 0 Å². The molecule has 1 N–H and O–H groups in total. The van der Waals surface area contributed by atoms with Crippen LogP contribution in [0.3, 0.4) is 0 Å². The fraction of sp³-hybridized carbons (Fsp3) is 0.692. The van der Waals surface area contributed by atoms with Crippen molar-refractivity contribution >= 4 is 11.3 Å². The van der Waals surface area contributed by atoms with E-state index in [1.165, 1.54) is 5.56 Å². The minimum absolute atomic E-state index is 0.108. The van der Waals surface area contributed by atoms with Crippen molar-refractivity contribution in [2.75, 3.05) is 26.9 Å². The Morgan fingerprint density at radius 1 is 1.53 bits per heavy atom. The van der Waals surface area contributed by atoms with Gasteiger partial charge in [-0.05, 0) is 36.4 Å². The lowest BCUT2D eigenvalue weighted by atomic mass is 9.83. The van der Waals surface area contributed by atoms with Gasteiger partial charge in [0.25, 0.3) is 0 Å². The van der Waals surface area contributed by atoms with Crippen LogP contribution in [0.2, 0.25) is 0 Å². The Labute approximate surface area is 107 Å². The van der Waals surface area contributed by atoms with Crippen LogP contribution in [0.15, 0.2) is 16.8 Å². The van der Waals surface area contributed by atoms with Crippen molar-refractivity contribution < 1.29 is 9.47 Å². The molecule has 0 saturated carbocycles. The van der Waals surface area contributed by atoms with Crippen LogP contribution in [0.25, 0.3) is 0 Å². The van der Waals surface area contributed by atoms with Gasteiger partial charge in [0.15, 0.2) is 0 Å². The molecule has 0 bridgehead atoms. The minimum atomic E-state index is -0.108. The summed E-state index contributed by atoms with van der Waals surface area (Å²) < 4.78 is 11.6. The molecule has 1 saturated heterocycles. The highest BCUT2D eigenvalue weighted by Crippen LogP contribution is 2.38. The maximum Gasteiger partial charge on any atom is 0.0920 e. The SMILES string of the molecule is CCOC1(C(NC)c2ccsc2)CCOCC1. The molecule has 0 aromatic carbocycles. The molecule has 1 aliphatic heterocycles. The summed E-state index contributed by atoms with van der Waals surface area (Å²) in [4.78, 5) is 0. The highest BCUT2D eigenvalue weighted by Gasteiger charge is 2.41. The summed E-state index contributed by atoms with van der Waals surface area (Å²) >= 11 is 1.74. The van der Waals surface area contributed by atoms with Crippen LogP contribution < -0.4 is 5.32 Å². The zero-order valence-electron chi connectivity index (χ0n) is 10.6. The predicted molar refractivity (Wildman–Crippen MR) is 70.5 cm³/mol. The standard InChI is InChI=1S/C13H21NO2S/c1-3-16-13(5-7-15-8-6-13)12(14-2)11-4-9-17-10-11/h4,9-10,12,14H,3,5-8H2,1-2H3. The largest absolute Gasteiger partial charge is 0.381 e. The Balaban J connectivity index is 2.23. The lowest BCUT2D eigenvalue weighted by Crippen LogP contribution is -2.49. The second kappa shape index (κ2) is 5.96. The van der Waals surface area contributed by atoms with Crippen molar-refractivity contribution in [3.05, 3.63) is 22.4 Å². The third kappa shape index (κ3) is 2.71. The smallest absolute Gasteiger partial charge is 0.0920 e. The van der Waals surface area contributed by atoms with Crippen molar-refractivity contribution in [1.29, 1.82) is 0 Å². The fourth-order valence-corrected chi connectivity index (χ4v) is 3.38. The molecule has 1 unspecified atom stereocenters. The van der Waals surface area contributed by atoms with Gasteiger partial charge in [0.2, 0.25) is 0 Å². The summed E-state index contributed by atoms with van der Waals surface area (Å²) in [6, 6.07) is 2.44. The first-order valence-corrected chi connectivity index (χ1v) is 7.18. The molecule has 0 aliphatic carbocycles. The van der Waals surface area contributed by atoms with Crippen LogP contribution in [0.4, 0.5) is 0 Å². The molecular weight excluding hydrogens is 234 g/mol. The first-order valence-electron chi connectivity index (χ1n) is 6.23. The Kier molecular flexibility index (Phi) is 4.56. The van der Waals surface area contributed by atoms with Crippen LogP contribution in [0.1, 0.15) is 31.4 Å². The average Bonchev–Trinajstić information content (AvgIpc) is 2.85. The van der Waals surface area contributed by atoms with E-state index in [0.717, 1.165) is 32.7 Å². The summed E-state index contributed by atoms with van der Waals surface area (Å²) in [5, 5.41) is 7.76. The third-order valence-electron chi connectivity index (χ3n) is 3.46. The van der Waals surface area contributed by atoms with Gasteiger partial charge < -0.3 is 14.8 Å². The topological polar surface area (TPSA) is 30.5 Å². The Bertz CT molecular complexity index is 315. The number of rotatable bonds is 5. The van der Waals surface area contributed by atoms with Gasteiger partial charge in [-0.3, -0.25) is 0 Å². The lowest BCUT2D eigenvalue weighted by molar-refractivity contribution is -0.126. The molecule has 2 heterocycles. The summed E-state index contributed by atoms with van der Waals surface area (Å²) in [7, 11) is 2.01. The van der Waals surface area contributed by atoms with E-state index in [1.54, 1.807) is 11.3 Å². The van der Waals surface area contributed by atoms with Crippen molar-refractivity contribution in [1.82, 2.24) is 5.32 Å². The molecule has 1 atom stereocenters. The van der Waals surface area contributed by atoms with Gasteiger partial charge in [-0.15, -0.1) is 0 Å². The normalized spacial score (nSPS) is 21.3.